The fourth-order valence-electron chi connectivity index (χ4n) is 0.410. The summed E-state index contributed by atoms with van der Waals surface area (Å²) in [6.45, 7) is 0. The summed E-state index contributed by atoms with van der Waals surface area (Å²) in [5.74, 6) is -0.910. The van der Waals surface area contributed by atoms with E-state index in [2.05, 4.69) is 0 Å². The third-order valence-electron chi connectivity index (χ3n) is 1.01. The molecule has 0 amide bonds. The van der Waals surface area contributed by atoms with Gasteiger partial charge in [0.25, 0.3) is 0 Å². The average Bonchev–Trinajstić information content (AvgIpc) is 1.82. The van der Waals surface area contributed by atoms with Gasteiger partial charge in [-0.05, 0) is 0 Å². The van der Waals surface area contributed by atoms with Crippen molar-refractivity contribution in [2.75, 3.05) is 0 Å². The van der Waals surface area contributed by atoms with Gasteiger partial charge in [-0.25, -0.2) is 0 Å². The quantitative estimate of drug-likeness (QED) is 0.618. The Balaban J connectivity index is 3.49. The Kier molecular flexibility index (Phi) is 4.63. The van der Waals surface area contributed by atoms with Gasteiger partial charge in [0, 0.05) is 0 Å². The van der Waals surface area contributed by atoms with Gasteiger partial charge in [0.2, 0.25) is 0 Å². The first-order valence-corrected chi connectivity index (χ1v) is 4.19. The van der Waals surface area contributed by atoms with Gasteiger partial charge in [-0.1, -0.05) is 0 Å². The monoisotopic (exact) mass is 250 g/mol. The summed E-state index contributed by atoms with van der Waals surface area (Å²) in [4.78, 5) is 20.4. The Morgan fingerprint density at radius 1 is 1.60 bits per heavy atom. The molecule has 0 heterocycles. The molecule has 0 aliphatic heterocycles. The van der Waals surface area contributed by atoms with Crippen LogP contribution in [0.4, 0.5) is 0 Å². The molecule has 0 fully saturated rings. The van der Waals surface area contributed by atoms with Crippen LogP contribution in [0.15, 0.2) is 0 Å². The molecular weight excluding hydrogens is 241 g/mol. The molecule has 0 saturated carbocycles. The van der Waals surface area contributed by atoms with Crippen molar-refractivity contribution in [3.05, 3.63) is 0 Å². The maximum absolute atomic E-state index is 10.5. The Labute approximate surface area is 71.9 Å². The summed E-state index contributed by atoms with van der Waals surface area (Å²) in [6.07, 6.45) is 0.223. The van der Waals surface area contributed by atoms with Crippen LogP contribution in [0.25, 0.3) is 0 Å². The fraction of sp³-hybridized carbons (Fsp3) is 0.600. The van der Waals surface area contributed by atoms with Crippen molar-refractivity contribution in [1.82, 2.24) is 0 Å². The zero-order valence-electron chi connectivity index (χ0n) is 5.33. The zero-order chi connectivity index (χ0) is 8.15. The molecule has 0 saturated heterocycles. The molecule has 0 aromatic heterocycles. The summed E-state index contributed by atoms with van der Waals surface area (Å²) >= 11 is 0.740. The molecule has 4 nitrogen and oxygen atoms in total. The van der Waals surface area contributed by atoms with E-state index in [1.165, 1.54) is 0 Å². The molecule has 0 spiro atoms. The van der Waals surface area contributed by atoms with Gasteiger partial charge in [0.05, 0.1) is 0 Å². The van der Waals surface area contributed by atoms with Crippen molar-refractivity contribution in [3.63, 3.8) is 0 Å². The van der Waals surface area contributed by atoms with Crippen molar-refractivity contribution in [2.45, 2.75) is 18.9 Å². The topological polar surface area (TPSA) is 80.4 Å². The van der Waals surface area contributed by atoms with E-state index in [1.807, 2.05) is 0 Å². The van der Waals surface area contributed by atoms with E-state index in [0.29, 0.717) is 0 Å². The van der Waals surface area contributed by atoms with Crippen molar-refractivity contribution in [1.29, 1.82) is 0 Å². The first-order chi connectivity index (χ1) is 4.54. The van der Waals surface area contributed by atoms with Crippen molar-refractivity contribution in [2.24, 2.45) is 5.73 Å². The van der Waals surface area contributed by atoms with E-state index >= 15 is 0 Å². The summed E-state index contributed by atoms with van der Waals surface area (Å²) in [7, 11) is 0. The van der Waals surface area contributed by atoms with Crippen LogP contribution in [0.5, 0.6) is 0 Å². The number of hydrogen-bond acceptors (Lipinski definition) is 3. The standard InChI is InChI=1S/C5H8NO3.Sn/c6-4(3-7)1-2-5(8)9;/h4H,1-2,6H2,(H,8,9);/t4-;/m0./s1. The van der Waals surface area contributed by atoms with E-state index < -0.39 is 12.0 Å². The first-order valence-electron chi connectivity index (χ1n) is 2.77. The molecule has 0 bridgehead atoms. The predicted molar refractivity (Wildman–Crippen MR) is 35.6 cm³/mol. The molecule has 0 unspecified atom stereocenters. The molecule has 3 N–H and O–H groups in total. The fourth-order valence-corrected chi connectivity index (χ4v) is 0.822. The molecule has 1 atom stereocenters. The van der Waals surface area contributed by atoms with Gasteiger partial charge in [-0.3, -0.25) is 0 Å². The van der Waals surface area contributed by atoms with Gasteiger partial charge in [-0.15, -0.1) is 0 Å². The van der Waals surface area contributed by atoms with Gasteiger partial charge < -0.3 is 0 Å². The molecule has 3 radical (unpaired) electrons. The van der Waals surface area contributed by atoms with Gasteiger partial charge in [-0.2, -0.15) is 0 Å². The first kappa shape index (κ1) is 9.90. The Morgan fingerprint density at radius 2 is 2.10 bits per heavy atom. The van der Waals surface area contributed by atoms with E-state index in [9.17, 15) is 9.59 Å². The van der Waals surface area contributed by atoms with Crippen molar-refractivity contribution in [3.8, 4) is 0 Å². The van der Waals surface area contributed by atoms with Gasteiger partial charge >= 0.3 is 71.6 Å². The Bertz CT molecular complexity index is 148. The third-order valence-corrected chi connectivity index (χ3v) is 2.06. The summed E-state index contributed by atoms with van der Waals surface area (Å²) < 4.78 is -0.0755. The molecule has 0 aliphatic rings. The number of carboxylic acids is 1. The van der Waals surface area contributed by atoms with Crippen LogP contribution in [0, 0.1) is 0 Å². The van der Waals surface area contributed by atoms with E-state index in [4.69, 9.17) is 10.8 Å². The second-order valence-corrected chi connectivity index (χ2v) is 3.31. The predicted octanol–water partition coefficient (Wildman–Crippen LogP) is -1.13. The molecule has 0 aromatic carbocycles. The molecule has 55 valence electrons. The van der Waals surface area contributed by atoms with Crippen molar-refractivity contribution < 1.29 is 14.7 Å². The molecule has 5 heteroatoms. The van der Waals surface area contributed by atoms with Crippen LogP contribution in [0.1, 0.15) is 12.8 Å². The Hall–Kier alpha value is -0.101. The number of hydrogen-bond donors (Lipinski definition) is 2. The summed E-state index contributed by atoms with van der Waals surface area (Å²) in [5, 5.41) is 8.18. The summed E-state index contributed by atoms with van der Waals surface area (Å²) in [6, 6.07) is -0.575. The second-order valence-electron chi connectivity index (χ2n) is 1.90. The van der Waals surface area contributed by atoms with Crippen LogP contribution in [-0.2, 0) is 9.59 Å². The SMILES string of the molecule is N[C@@H](CCC(=O)O)[C](=O)[Sn]. The minimum atomic E-state index is -0.910. The van der Waals surface area contributed by atoms with Gasteiger partial charge in [0.15, 0.2) is 0 Å². The minimum absolute atomic E-state index is 0.0265. The number of carbonyl (C=O) groups excluding carboxylic acids is 1. The second kappa shape index (κ2) is 4.67. The molecule has 10 heavy (non-hydrogen) atoms. The third kappa shape index (κ3) is 4.75. The zero-order valence-corrected chi connectivity index (χ0v) is 8.19. The maximum atomic E-state index is 10.5. The van der Waals surface area contributed by atoms with Crippen LogP contribution >= 0.6 is 0 Å². The number of carbonyl (C=O) groups is 2. The molecule has 0 aliphatic carbocycles. The molecule has 0 rings (SSSR count). The van der Waals surface area contributed by atoms with Crippen LogP contribution in [0.3, 0.4) is 0 Å². The van der Waals surface area contributed by atoms with E-state index in [-0.39, 0.29) is 16.6 Å². The number of rotatable bonds is 4. The van der Waals surface area contributed by atoms with Gasteiger partial charge in [0.1, 0.15) is 0 Å². The van der Waals surface area contributed by atoms with Crippen LogP contribution in [-0.4, -0.2) is 43.4 Å². The van der Waals surface area contributed by atoms with Crippen molar-refractivity contribution >= 4 is 32.3 Å². The number of aliphatic carboxylic acids is 1. The molecule has 0 aromatic rings. The number of carboxylic acid groups (broad SMARTS) is 1. The average molecular weight is 249 g/mol. The van der Waals surface area contributed by atoms with Crippen LogP contribution < -0.4 is 5.73 Å². The number of nitrogens with two attached hydrogens (primary N) is 1. The normalized spacial score (nSPS) is 12.6. The molecular formula is C5H8NO3Sn. The van der Waals surface area contributed by atoms with E-state index in [0.717, 1.165) is 22.5 Å². The Morgan fingerprint density at radius 3 is 2.40 bits per heavy atom. The summed E-state index contributed by atoms with van der Waals surface area (Å²) in [5.41, 5.74) is 5.27. The van der Waals surface area contributed by atoms with E-state index in [1.54, 1.807) is 0 Å². The van der Waals surface area contributed by atoms with Crippen LogP contribution in [0.2, 0.25) is 0 Å².